The maximum Gasteiger partial charge on any atom is 0.136 e. The monoisotopic (exact) mass is 612 g/mol. The highest BCUT2D eigenvalue weighted by atomic mass is 16.3. The molecule has 10 rings (SSSR count). The molecular weight excluding hydrogens is 581 g/mol. The molecule has 9 aromatic carbocycles. The fourth-order valence-corrected chi connectivity index (χ4v) is 7.82. The first kappa shape index (κ1) is 28.1. The largest absolute Gasteiger partial charge is 0.456 e. The van der Waals surface area contributed by atoms with Crippen LogP contribution in [0.5, 0.6) is 0 Å². The van der Waals surface area contributed by atoms with Gasteiger partial charge < -0.3 is 4.42 Å². The second-order valence-electron chi connectivity index (χ2n) is 12.4. The molecule has 226 valence electrons. The summed E-state index contributed by atoms with van der Waals surface area (Å²) in [6.07, 6.45) is 0. The highest BCUT2D eigenvalue weighted by molar-refractivity contribution is 6.24. The van der Waals surface area contributed by atoms with E-state index in [-0.39, 0.29) is 7.43 Å². The Morgan fingerprint density at radius 1 is 0.312 bits per heavy atom. The zero-order valence-electron chi connectivity index (χ0n) is 25.6. The zero-order chi connectivity index (χ0) is 30.9. The van der Waals surface area contributed by atoms with Crippen LogP contribution < -0.4 is 0 Å². The molecule has 48 heavy (non-hydrogen) atoms. The Bertz CT molecular complexity index is 2780. The van der Waals surface area contributed by atoms with Crippen LogP contribution in [0.4, 0.5) is 0 Å². The number of fused-ring (bicyclic) bond motifs is 8. The van der Waals surface area contributed by atoms with Gasteiger partial charge in [-0.3, -0.25) is 0 Å². The fourth-order valence-electron chi connectivity index (χ4n) is 7.82. The summed E-state index contributed by atoms with van der Waals surface area (Å²) in [7, 11) is 0. The molecule has 0 saturated heterocycles. The molecule has 0 aliphatic carbocycles. The Morgan fingerprint density at radius 2 is 0.833 bits per heavy atom. The molecule has 0 saturated carbocycles. The maximum absolute atomic E-state index is 6.34. The lowest BCUT2D eigenvalue weighted by Crippen LogP contribution is -1.92. The molecule has 0 aliphatic heterocycles. The predicted molar refractivity (Wildman–Crippen MR) is 207 cm³/mol. The number of rotatable bonds is 3. The van der Waals surface area contributed by atoms with E-state index in [2.05, 4.69) is 170 Å². The molecule has 10 aromatic rings. The average Bonchev–Trinajstić information content (AvgIpc) is 3.52. The Balaban J connectivity index is 0.00000314. The van der Waals surface area contributed by atoms with E-state index in [0.717, 1.165) is 16.6 Å². The van der Waals surface area contributed by atoms with Gasteiger partial charge >= 0.3 is 0 Å². The summed E-state index contributed by atoms with van der Waals surface area (Å²) < 4.78 is 6.34. The summed E-state index contributed by atoms with van der Waals surface area (Å²) in [6.45, 7) is 0. The lowest BCUT2D eigenvalue weighted by Gasteiger charge is -2.19. The van der Waals surface area contributed by atoms with Gasteiger partial charge in [0, 0.05) is 10.8 Å². The average molecular weight is 613 g/mol. The molecule has 0 bridgehead atoms. The Hall–Kier alpha value is -6.18. The van der Waals surface area contributed by atoms with Gasteiger partial charge in [-0.2, -0.15) is 0 Å². The third-order valence-corrected chi connectivity index (χ3v) is 9.86. The summed E-state index contributed by atoms with van der Waals surface area (Å²) in [4.78, 5) is 0. The minimum atomic E-state index is 0. The first-order chi connectivity index (χ1) is 23.3. The Kier molecular flexibility index (Phi) is 6.42. The van der Waals surface area contributed by atoms with Gasteiger partial charge in [-0.25, -0.2) is 0 Å². The smallest absolute Gasteiger partial charge is 0.136 e. The molecule has 0 fully saturated rings. The third kappa shape index (κ3) is 4.11. The third-order valence-electron chi connectivity index (χ3n) is 9.86. The van der Waals surface area contributed by atoms with Gasteiger partial charge in [0.2, 0.25) is 0 Å². The van der Waals surface area contributed by atoms with Crippen molar-refractivity contribution >= 4 is 65.0 Å². The Labute approximate surface area is 279 Å². The highest BCUT2D eigenvalue weighted by Gasteiger charge is 2.19. The molecular formula is C47H32O. The van der Waals surface area contributed by atoms with Crippen LogP contribution in [-0.4, -0.2) is 0 Å². The van der Waals surface area contributed by atoms with Crippen molar-refractivity contribution in [3.8, 4) is 33.4 Å². The first-order valence-electron chi connectivity index (χ1n) is 16.2. The van der Waals surface area contributed by atoms with E-state index >= 15 is 0 Å². The van der Waals surface area contributed by atoms with Gasteiger partial charge in [0.25, 0.3) is 0 Å². The summed E-state index contributed by atoms with van der Waals surface area (Å²) in [5.41, 5.74) is 9.29. The van der Waals surface area contributed by atoms with Crippen molar-refractivity contribution in [2.45, 2.75) is 7.43 Å². The van der Waals surface area contributed by atoms with Gasteiger partial charge in [0.1, 0.15) is 11.2 Å². The minimum absolute atomic E-state index is 0. The van der Waals surface area contributed by atoms with E-state index < -0.39 is 0 Å². The minimum Gasteiger partial charge on any atom is -0.456 e. The summed E-state index contributed by atoms with van der Waals surface area (Å²) in [6, 6.07) is 61.5. The summed E-state index contributed by atoms with van der Waals surface area (Å²) in [5, 5.41) is 12.3. The molecule has 0 N–H and O–H groups in total. The Morgan fingerprint density at radius 3 is 1.52 bits per heavy atom. The number of benzene rings is 9. The molecule has 0 atom stereocenters. The number of hydrogen-bond donors (Lipinski definition) is 0. The lowest BCUT2D eigenvalue weighted by molar-refractivity contribution is 0.669. The molecule has 0 spiro atoms. The molecule has 1 aromatic heterocycles. The molecule has 1 heterocycles. The van der Waals surface area contributed by atoms with Crippen molar-refractivity contribution in [2.24, 2.45) is 0 Å². The van der Waals surface area contributed by atoms with Crippen molar-refractivity contribution < 1.29 is 4.42 Å². The van der Waals surface area contributed by atoms with E-state index in [1.54, 1.807) is 0 Å². The molecule has 0 amide bonds. The highest BCUT2D eigenvalue weighted by Crippen LogP contribution is 2.46. The van der Waals surface area contributed by atoms with Crippen molar-refractivity contribution in [3.05, 3.63) is 170 Å². The van der Waals surface area contributed by atoms with E-state index in [1.807, 2.05) is 0 Å². The van der Waals surface area contributed by atoms with Gasteiger partial charge in [-0.15, -0.1) is 0 Å². The van der Waals surface area contributed by atoms with Crippen LogP contribution in [0.3, 0.4) is 0 Å². The summed E-state index contributed by atoms with van der Waals surface area (Å²) >= 11 is 0. The number of furan rings is 1. The molecule has 0 unspecified atom stereocenters. The number of hydrogen-bond acceptors (Lipinski definition) is 1. The zero-order valence-corrected chi connectivity index (χ0v) is 25.6. The summed E-state index contributed by atoms with van der Waals surface area (Å²) in [5.74, 6) is 0. The SMILES string of the molecule is C.c1ccc(-c2c3ccccc3c(-c3ccc(-c4ccc5oc6ccc7ccccc7c6c5c4)c4ccccc34)c3ccccc23)cc1. The van der Waals surface area contributed by atoms with E-state index in [9.17, 15) is 0 Å². The van der Waals surface area contributed by atoms with Crippen LogP contribution in [0.1, 0.15) is 7.43 Å². The quantitative estimate of drug-likeness (QED) is 0.181. The standard InChI is InChI=1S/C46H28O.CH4/c1-2-13-30(14-3-1)44-36-18-8-10-20-38(36)45(39-21-11-9-19-37(39)44)40-25-24-32(34-16-6-7-17-35(34)40)31-23-26-42-41(28-31)46-33-15-5-4-12-29(33)22-27-43(46)47-42;/h1-28H;1H4. The van der Waals surface area contributed by atoms with Crippen LogP contribution in [0, 0.1) is 0 Å². The molecule has 0 aliphatic rings. The van der Waals surface area contributed by atoms with Gasteiger partial charge in [-0.1, -0.05) is 159 Å². The molecule has 0 radical (unpaired) electrons. The van der Waals surface area contributed by atoms with Crippen molar-refractivity contribution in [1.29, 1.82) is 0 Å². The van der Waals surface area contributed by atoms with E-state index in [4.69, 9.17) is 4.42 Å². The van der Waals surface area contributed by atoms with Gasteiger partial charge in [-0.05, 0) is 94.7 Å². The van der Waals surface area contributed by atoms with Crippen LogP contribution >= 0.6 is 0 Å². The van der Waals surface area contributed by atoms with Gasteiger partial charge in [0.15, 0.2) is 0 Å². The second-order valence-corrected chi connectivity index (χ2v) is 12.4. The van der Waals surface area contributed by atoms with Crippen molar-refractivity contribution in [2.75, 3.05) is 0 Å². The van der Waals surface area contributed by atoms with Crippen LogP contribution in [0.2, 0.25) is 0 Å². The van der Waals surface area contributed by atoms with E-state index in [1.165, 1.54) is 81.9 Å². The van der Waals surface area contributed by atoms with Crippen LogP contribution in [0.15, 0.2) is 174 Å². The fraction of sp³-hybridized carbons (Fsp3) is 0.0213. The normalized spacial score (nSPS) is 11.6. The van der Waals surface area contributed by atoms with Gasteiger partial charge in [0.05, 0.1) is 0 Å². The van der Waals surface area contributed by atoms with Crippen LogP contribution in [-0.2, 0) is 0 Å². The second kappa shape index (κ2) is 11.0. The first-order valence-corrected chi connectivity index (χ1v) is 16.2. The predicted octanol–water partition coefficient (Wildman–Crippen LogP) is 13.8. The molecule has 1 heteroatoms. The van der Waals surface area contributed by atoms with Crippen molar-refractivity contribution in [1.82, 2.24) is 0 Å². The topological polar surface area (TPSA) is 13.1 Å². The lowest BCUT2D eigenvalue weighted by atomic mass is 9.84. The maximum atomic E-state index is 6.34. The van der Waals surface area contributed by atoms with Crippen LogP contribution in [0.25, 0.3) is 98.4 Å². The van der Waals surface area contributed by atoms with E-state index in [0.29, 0.717) is 0 Å². The van der Waals surface area contributed by atoms with Crippen molar-refractivity contribution in [3.63, 3.8) is 0 Å². The molecule has 1 nitrogen and oxygen atoms in total.